The van der Waals surface area contributed by atoms with Gasteiger partial charge in [-0.1, -0.05) is 36.4 Å². The van der Waals surface area contributed by atoms with E-state index in [2.05, 4.69) is 48.4 Å². The molecule has 4 rings (SSSR count). The fraction of sp³-hybridized carbons (Fsp3) is 0.292. The molecular weight excluding hydrogens is 428 g/mol. The topological polar surface area (TPSA) is 31.4 Å². The van der Waals surface area contributed by atoms with Gasteiger partial charge in [0.1, 0.15) is 19.7 Å². The molecule has 0 saturated carbocycles. The summed E-state index contributed by atoms with van der Waals surface area (Å²) in [6.07, 6.45) is 2.91. The van der Waals surface area contributed by atoms with Gasteiger partial charge in [0.15, 0.2) is 11.5 Å². The SMILES string of the molecule is COc1cc2c(cc1OCc1ccccc1)C[N+](C)(Cc1ccccn1)CC2.[Br-]. The van der Waals surface area contributed by atoms with E-state index in [4.69, 9.17) is 9.47 Å². The number of likely N-dealkylation sites (N-methyl/N-ethyl adjacent to an activating group) is 1. The zero-order valence-electron chi connectivity index (χ0n) is 17.0. The minimum atomic E-state index is 0. The van der Waals surface area contributed by atoms with Crippen LogP contribution in [0.3, 0.4) is 0 Å². The van der Waals surface area contributed by atoms with Crippen LogP contribution in [0.15, 0.2) is 66.9 Å². The number of halogens is 1. The molecule has 152 valence electrons. The Bertz CT molecular complexity index is 934. The monoisotopic (exact) mass is 454 g/mol. The molecule has 4 nitrogen and oxygen atoms in total. The predicted octanol–water partition coefficient (Wildman–Crippen LogP) is 1.38. The minimum Gasteiger partial charge on any atom is -1.00 e. The number of aromatic nitrogens is 1. The summed E-state index contributed by atoms with van der Waals surface area (Å²) in [7, 11) is 4.02. The second-order valence-corrected chi connectivity index (χ2v) is 7.78. The Morgan fingerprint density at radius 1 is 0.966 bits per heavy atom. The van der Waals surface area contributed by atoms with Gasteiger partial charge in [-0.3, -0.25) is 4.98 Å². The maximum Gasteiger partial charge on any atom is 0.162 e. The largest absolute Gasteiger partial charge is 1.00 e. The molecule has 1 aromatic heterocycles. The van der Waals surface area contributed by atoms with E-state index in [0.29, 0.717) is 6.61 Å². The number of hydrogen-bond acceptors (Lipinski definition) is 3. The summed E-state index contributed by atoms with van der Waals surface area (Å²) in [6.45, 7) is 3.54. The molecule has 2 aromatic carbocycles. The summed E-state index contributed by atoms with van der Waals surface area (Å²) in [5.74, 6) is 1.63. The van der Waals surface area contributed by atoms with Crippen LogP contribution in [0.1, 0.15) is 22.4 Å². The maximum atomic E-state index is 6.12. The van der Waals surface area contributed by atoms with Crippen LogP contribution < -0.4 is 26.5 Å². The molecular formula is C24H27BrN2O2. The first-order valence-corrected chi connectivity index (χ1v) is 9.75. The Hall–Kier alpha value is -2.37. The second-order valence-electron chi connectivity index (χ2n) is 7.78. The first-order valence-electron chi connectivity index (χ1n) is 9.75. The van der Waals surface area contributed by atoms with Gasteiger partial charge in [-0.05, 0) is 35.4 Å². The summed E-state index contributed by atoms with van der Waals surface area (Å²) in [5, 5.41) is 0. The lowest BCUT2D eigenvalue weighted by Crippen LogP contribution is -3.00. The lowest BCUT2D eigenvalue weighted by molar-refractivity contribution is -0.937. The lowest BCUT2D eigenvalue weighted by Gasteiger charge is -2.38. The van der Waals surface area contributed by atoms with E-state index in [-0.39, 0.29) is 17.0 Å². The zero-order valence-corrected chi connectivity index (χ0v) is 18.6. The van der Waals surface area contributed by atoms with Crippen LogP contribution in [-0.2, 0) is 26.1 Å². The third-order valence-corrected chi connectivity index (χ3v) is 5.47. The fourth-order valence-corrected chi connectivity index (χ4v) is 3.93. The molecule has 2 heterocycles. The third kappa shape index (κ3) is 5.17. The number of fused-ring (bicyclic) bond motifs is 1. The highest BCUT2D eigenvalue weighted by Gasteiger charge is 2.30. The van der Waals surface area contributed by atoms with Gasteiger partial charge < -0.3 is 30.9 Å². The Morgan fingerprint density at radius 3 is 2.45 bits per heavy atom. The predicted molar refractivity (Wildman–Crippen MR) is 110 cm³/mol. The van der Waals surface area contributed by atoms with Crippen molar-refractivity contribution in [3.05, 3.63) is 89.2 Å². The fourth-order valence-electron chi connectivity index (χ4n) is 3.93. The van der Waals surface area contributed by atoms with E-state index < -0.39 is 0 Å². The first-order chi connectivity index (χ1) is 13.6. The molecule has 0 fully saturated rings. The molecule has 1 atom stereocenters. The van der Waals surface area contributed by atoms with Gasteiger partial charge in [-0.25, -0.2) is 0 Å². The molecule has 0 saturated heterocycles. The van der Waals surface area contributed by atoms with E-state index in [1.165, 1.54) is 11.1 Å². The molecule has 5 heteroatoms. The Morgan fingerprint density at radius 2 is 1.72 bits per heavy atom. The molecule has 0 spiro atoms. The van der Waals surface area contributed by atoms with E-state index in [1.54, 1.807) is 7.11 Å². The van der Waals surface area contributed by atoms with Crippen LogP contribution >= 0.6 is 0 Å². The van der Waals surface area contributed by atoms with Crippen molar-refractivity contribution in [3.8, 4) is 11.5 Å². The molecule has 1 unspecified atom stereocenters. The average molecular weight is 455 g/mol. The van der Waals surface area contributed by atoms with Gasteiger partial charge >= 0.3 is 0 Å². The molecule has 0 amide bonds. The van der Waals surface area contributed by atoms with Gasteiger partial charge in [-0.15, -0.1) is 0 Å². The van der Waals surface area contributed by atoms with Crippen molar-refractivity contribution in [1.29, 1.82) is 0 Å². The smallest absolute Gasteiger partial charge is 0.162 e. The quantitative estimate of drug-likeness (QED) is 0.527. The number of methoxy groups -OCH3 is 1. The third-order valence-electron chi connectivity index (χ3n) is 5.47. The van der Waals surface area contributed by atoms with Crippen LogP contribution in [-0.4, -0.2) is 30.2 Å². The van der Waals surface area contributed by atoms with Crippen LogP contribution in [0.2, 0.25) is 0 Å². The summed E-state index contributed by atoms with van der Waals surface area (Å²) in [6, 6.07) is 20.7. The van der Waals surface area contributed by atoms with Crippen LogP contribution in [0.4, 0.5) is 0 Å². The van der Waals surface area contributed by atoms with Crippen molar-refractivity contribution >= 4 is 0 Å². The number of ether oxygens (including phenoxy) is 2. The van der Waals surface area contributed by atoms with Gasteiger partial charge in [0, 0.05) is 18.2 Å². The molecule has 0 aliphatic carbocycles. The van der Waals surface area contributed by atoms with Crippen molar-refractivity contribution < 1.29 is 30.9 Å². The molecule has 1 aliphatic heterocycles. The summed E-state index contributed by atoms with van der Waals surface area (Å²) in [5.41, 5.74) is 5.00. The number of pyridine rings is 1. The molecule has 29 heavy (non-hydrogen) atoms. The standard InChI is InChI=1S/C24H27N2O2.BrH/c1-26(17-22-10-6-7-12-25-22)13-11-20-14-23(27-2)24(15-21(20)16-26)28-18-19-8-4-3-5-9-19;/h3-10,12,14-15H,11,13,16-18H2,1-2H3;1H/q+1;/p-1. The minimum absolute atomic E-state index is 0. The van der Waals surface area contributed by atoms with Crippen molar-refractivity contribution in [2.45, 2.75) is 26.1 Å². The summed E-state index contributed by atoms with van der Waals surface area (Å²) >= 11 is 0. The van der Waals surface area contributed by atoms with Crippen molar-refractivity contribution in [3.63, 3.8) is 0 Å². The number of quaternary nitrogens is 1. The van der Waals surface area contributed by atoms with E-state index >= 15 is 0 Å². The summed E-state index contributed by atoms with van der Waals surface area (Å²) < 4.78 is 12.7. The van der Waals surface area contributed by atoms with Gasteiger partial charge in [0.05, 0.1) is 26.4 Å². The molecule has 0 N–H and O–H groups in total. The van der Waals surface area contributed by atoms with Crippen molar-refractivity contribution in [2.24, 2.45) is 0 Å². The van der Waals surface area contributed by atoms with Crippen LogP contribution in [0.25, 0.3) is 0 Å². The van der Waals surface area contributed by atoms with Gasteiger partial charge in [-0.2, -0.15) is 0 Å². The average Bonchev–Trinajstić information content (AvgIpc) is 2.73. The van der Waals surface area contributed by atoms with Gasteiger partial charge in [0.25, 0.3) is 0 Å². The number of rotatable bonds is 6. The maximum absolute atomic E-state index is 6.12. The summed E-state index contributed by atoms with van der Waals surface area (Å²) in [4.78, 5) is 4.52. The Balaban J connectivity index is 0.00000240. The van der Waals surface area contributed by atoms with E-state index in [1.807, 2.05) is 30.5 Å². The van der Waals surface area contributed by atoms with Crippen molar-refractivity contribution in [1.82, 2.24) is 4.98 Å². The molecule has 0 bridgehead atoms. The number of benzene rings is 2. The van der Waals surface area contributed by atoms with Crippen LogP contribution in [0, 0.1) is 0 Å². The van der Waals surface area contributed by atoms with Crippen molar-refractivity contribution in [2.75, 3.05) is 20.7 Å². The molecule has 3 aromatic rings. The Labute approximate surface area is 183 Å². The Kier molecular flexibility index (Phi) is 6.93. The van der Waals surface area contributed by atoms with Crippen LogP contribution in [0.5, 0.6) is 11.5 Å². The molecule has 1 aliphatic rings. The highest BCUT2D eigenvalue weighted by atomic mass is 79.9. The van der Waals surface area contributed by atoms with E-state index in [9.17, 15) is 0 Å². The normalized spacial score (nSPS) is 17.7. The second kappa shape index (κ2) is 9.42. The zero-order chi connectivity index (χ0) is 19.4. The molecule has 0 radical (unpaired) electrons. The highest BCUT2D eigenvalue weighted by Crippen LogP contribution is 2.36. The van der Waals surface area contributed by atoms with E-state index in [0.717, 1.165) is 53.3 Å². The lowest BCUT2D eigenvalue weighted by atomic mass is 9.97. The highest BCUT2D eigenvalue weighted by molar-refractivity contribution is 5.48. The number of hydrogen-bond donors (Lipinski definition) is 0. The number of nitrogens with zero attached hydrogens (tertiary/aromatic N) is 2. The first kappa shape index (κ1) is 21.3. The van der Waals surface area contributed by atoms with Gasteiger partial charge in [0.2, 0.25) is 0 Å².